The van der Waals surface area contributed by atoms with Crippen molar-refractivity contribution in [2.75, 3.05) is 13.1 Å². The fourth-order valence-electron chi connectivity index (χ4n) is 2.80. The molecule has 2 aromatic rings. The number of rotatable bonds is 4. The van der Waals surface area contributed by atoms with Crippen molar-refractivity contribution in [1.82, 2.24) is 15.0 Å². The van der Waals surface area contributed by atoms with Gasteiger partial charge in [-0.25, -0.2) is 0 Å². The van der Waals surface area contributed by atoms with Gasteiger partial charge < -0.3 is 9.63 Å². The van der Waals surface area contributed by atoms with Crippen LogP contribution in [0.25, 0.3) is 11.4 Å². The van der Waals surface area contributed by atoms with Gasteiger partial charge in [0.15, 0.2) is 0 Å². The van der Waals surface area contributed by atoms with E-state index < -0.39 is 5.97 Å². The lowest BCUT2D eigenvalue weighted by atomic mass is 9.96. The quantitative estimate of drug-likeness (QED) is 0.935. The molecule has 1 aliphatic heterocycles. The van der Waals surface area contributed by atoms with E-state index in [9.17, 15) is 4.79 Å². The van der Waals surface area contributed by atoms with Crippen molar-refractivity contribution in [2.45, 2.75) is 25.8 Å². The van der Waals surface area contributed by atoms with Crippen LogP contribution >= 0.6 is 0 Å². The lowest BCUT2D eigenvalue weighted by Gasteiger charge is -2.32. The molecule has 2 heterocycles. The molecule has 1 unspecified atom stereocenters. The zero-order valence-electron chi connectivity index (χ0n) is 12.5. The zero-order chi connectivity index (χ0) is 15.5. The largest absolute Gasteiger partial charge is 0.481 e. The fraction of sp³-hybridized carbons (Fsp3) is 0.438. The third kappa shape index (κ3) is 3.01. The molecule has 0 amide bonds. The van der Waals surface area contributed by atoms with Gasteiger partial charge in [0, 0.05) is 5.56 Å². The van der Waals surface area contributed by atoms with E-state index >= 15 is 0 Å². The number of aromatic nitrogens is 2. The Morgan fingerprint density at radius 1 is 1.32 bits per heavy atom. The molecule has 1 saturated heterocycles. The fourth-order valence-corrected chi connectivity index (χ4v) is 2.80. The summed E-state index contributed by atoms with van der Waals surface area (Å²) in [6.07, 6.45) is 1.33. The summed E-state index contributed by atoms with van der Waals surface area (Å²) >= 11 is 0. The number of carboxylic acids is 1. The van der Waals surface area contributed by atoms with E-state index in [-0.39, 0.29) is 12.0 Å². The van der Waals surface area contributed by atoms with Crippen molar-refractivity contribution in [3.8, 4) is 11.4 Å². The Morgan fingerprint density at radius 2 is 2.00 bits per heavy atom. The van der Waals surface area contributed by atoms with E-state index in [1.54, 1.807) is 0 Å². The summed E-state index contributed by atoms with van der Waals surface area (Å²) in [5.74, 6) is 0.234. The van der Waals surface area contributed by atoms with Gasteiger partial charge in [0.1, 0.15) is 0 Å². The molecule has 1 atom stereocenters. The number of hydrogen-bond donors (Lipinski definition) is 1. The molecule has 6 nitrogen and oxygen atoms in total. The Morgan fingerprint density at radius 3 is 2.64 bits per heavy atom. The number of nitrogens with zero attached hydrogens (tertiary/aromatic N) is 3. The second-order valence-electron chi connectivity index (χ2n) is 5.65. The Balaban J connectivity index is 1.68. The number of hydrogen-bond acceptors (Lipinski definition) is 5. The number of piperidine rings is 1. The summed E-state index contributed by atoms with van der Waals surface area (Å²) in [4.78, 5) is 17.7. The highest BCUT2D eigenvalue weighted by Crippen LogP contribution is 2.27. The van der Waals surface area contributed by atoms with E-state index in [0.29, 0.717) is 24.6 Å². The zero-order valence-corrected chi connectivity index (χ0v) is 12.5. The second-order valence-corrected chi connectivity index (χ2v) is 5.65. The van der Waals surface area contributed by atoms with Crippen LogP contribution in [0.15, 0.2) is 34.9 Å². The van der Waals surface area contributed by atoms with Crippen molar-refractivity contribution in [2.24, 2.45) is 5.92 Å². The molecule has 0 bridgehead atoms. The summed E-state index contributed by atoms with van der Waals surface area (Å²) in [5.41, 5.74) is 0.925. The van der Waals surface area contributed by atoms with Crippen LogP contribution in [-0.4, -0.2) is 39.2 Å². The monoisotopic (exact) mass is 301 g/mol. The normalized spacial score (nSPS) is 18.2. The Labute approximate surface area is 128 Å². The molecule has 22 heavy (non-hydrogen) atoms. The molecule has 0 spiro atoms. The first-order valence-corrected chi connectivity index (χ1v) is 7.51. The first-order valence-electron chi connectivity index (χ1n) is 7.51. The van der Waals surface area contributed by atoms with Gasteiger partial charge in [0.05, 0.1) is 12.0 Å². The van der Waals surface area contributed by atoms with Gasteiger partial charge in [-0.1, -0.05) is 35.5 Å². The van der Waals surface area contributed by atoms with Gasteiger partial charge in [0.2, 0.25) is 11.7 Å². The minimum absolute atomic E-state index is 0.000271. The maximum atomic E-state index is 11.0. The molecule has 3 rings (SSSR count). The molecule has 0 aliphatic carbocycles. The van der Waals surface area contributed by atoms with Gasteiger partial charge >= 0.3 is 5.97 Å². The molecule has 1 aromatic heterocycles. The number of carbonyl (C=O) groups is 1. The molecular formula is C16H19N3O3. The summed E-state index contributed by atoms with van der Waals surface area (Å²) in [5, 5.41) is 13.1. The first-order chi connectivity index (χ1) is 10.6. The molecule has 6 heteroatoms. The topological polar surface area (TPSA) is 79.5 Å². The van der Waals surface area contributed by atoms with E-state index in [1.807, 2.05) is 37.3 Å². The average Bonchev–Trinajstić information content (AvgIpc) is 3.05. The van der Waals surface area contributed by atoms with Crippen LogP contribution in [0.1, 0.15) is 31.7 Å². The summed E-state index contributed by atoms with van der Waals surface area (Å²) in [7, 11) is 0. The minimum Gasteiger partial charge on any atom is -0.481 e. The molecular weight excluding hydrogens is 282 g/mol. The van der Waals surface area contributed by atoms with Crippen molar-refractivity contribution in [3.05, 3.63) is 36.2 Å². The predicted octanol–water partition coefficient (Wildman–Crippen LogP) is 2.59. The maximum absolute atomic E-state index is 11.0. The standard InChI is InChI=1S/C16H19N3O3/c1-11(19-9-7-13(8-10-19)16(20)21)15-17-14(18-22-15)12-5-3-2-4-6-12/h2-6,11,13H,7-10H2,1H3,(H,20,21). The van der Waals surface area contributed by atoms with Crippen LogP contribution in [0, 0.1) is 5.92 Å². The van der Waals surface area contributed by atoms with Gasteiger partial charge in [-0.2, -0.15) is 4.98 Å². The molecule has 0 saturated carbocycles. The van der Waals surface area contributed by atoms with Gasteiger partial charge in [-0.3, -0.25) is 9.69 Å². The molecule has 0 radical (unpaired) electrons. The van der Waals surface area contributed by atoms with E-state index in [2.05, 4.69) is 15.0 Å². The molecule has 1 aliphatic rings. The second kappa shape index (κ2) is 6.27. The van der Waals surface area contributed by atoms with Crippen LogP contribution in [-0.2, 0) is 4.79 Å². The van der Waals surface area contributed by atoms with Crippen LogP contribution in [0.2, 0.25) is 0 Å². The first kappa shape index (κ1) is 14.7. The Bertz CT molecular complexity index is 633. The van der Waals surface area contributed by atoms with Crippen molar-refractivity contribution < 1.29 is 14.4 Å². The van der Waals surface area contributed by atoms with Crippen LogP contribution < -0.4 is 0 Å². The Kier molecular flexibility index (Phi) is 4.20. The maximum Gasteiger partial charge on any atom is 0.306 e. The van der Waals surface area contributed by atoms with E-state index in [1.165, 1.54) is 0 Å². The third-order valence-corrected chi connectivity index (χ3v) is 4.26. The van der Waals surface area contributed by atoms with Crippen molar-refractivity contribution >= 4 is 5.97 Å². The number of aliphatic carboxylic acids is 1. The SMILES string of the molecule is CC(c1nc(-c2ccccc2)no1)N1CCC(C(=O)O)CC1. The Hall–Kier alpha value is -2.21. The van der Waals surface area contributed by atoms with Crippen LogP contribution in [0.3, 0.4) is 0 Å². The smallest absolute Gasteiger partial charge is 0.306 e. The summed E-state index contributed by atoms with van der Waals surface area (Å²) in [6.45, 7) is 3.49. The summed E-state index contributed by atoms with van der Waals surface area (Å²) in [6, 6.07) is 9.70. The lowest BCUT2D eigenvalue weighted by Crippen LogP contribution is -2.37. The van der Waals surface area contributed by atoms with Gasteiger partial charge in [-0.05, 0) is 32.9 Å². The third-order valence-electron chi connectivity index (χ3n) is 4.26. The number of carboxylic acid groups (broad SMARTS) is 1. The highest BCUT2D eigenvalue weighted by Gasteiger charge is 2.29. The van der Waals surface area contributed by atoms with Gasteiger partial charge in [0.25, 0.3) is 0 Å². The molecule has 1 aromatic carbocycles. The molecule has 116 valence electrons. The lowest BCUT2D eigenvalue weighted by molar-refractivity contribution is -0.143. The molecule has 1 fully saturated rings. The van der Waals surface area contributed by atoms with Crippen LogP contribution in [0.4, 0.5) is 0 Å². The number of likely N-dealkylation sites (tertiary alicyclic amines) is 1. The van der Waals surface area contributed by atoms with E-state index in [4.69, 9.17) is 9.63 Å². The minimum atomic E-state index is -0.698. The van der Waals surface area contributed by atoms with Crippen molar-refractivity contribution in [1.29, 1.82) is 0 Å². The predicted molar refractivity (Wildman–Crippen MR) is 80.1 cm³/mol. The average molecular weight is 301 g/mol. The highest BCUT2D eigenvalue weighted by molar-refractivity contribution is 5.70. The highest BCUT2D eigenvalue weighted by atomic mass is 16.5. The molecule has 1 N–H and O–H groups in total. The van der Waals surface area contributed by atoms with E-state index in [0.717, 1.165) is 18.7 Å². The number of benzene rings is 1. The van der Waals surface area contributed by atoms with Crippen LogP contribution in [0.5, 0.6) is 0 Å². The summed E-state index contributed by atoms with van der Waals surface area (Å²) < 4.78 is 5.39. The van der Waals surface area contributed by atoms with Crippen molar-refractivity contribution in [3.63, 3.8) is 0 Å². The van der Waals surface area contributed by atoms with Gasteiger partial charge in [-0.15, -0.1) is 0 Å².